The molecule has 1 atom stereocenters. The number of ether oxygens (including phenoxy) is 2. The van der Waals surface area contributed by atoms with Gasteiger partial charge in [0.25, 0.3) is 0 Å². The van der Waals surface area contributed by atoms with Crippen LogP contribution in [0.2, 0.25) is 0 Å². The molecule has 0 amide bonds. The molecular weight excluding hydrogens is 243 g/mol. The lowest BCUT2D eigenvalue weighted by Crippen LogP contribution is -2.07. The molecule has 2 aliphatic rings. The van der Waals surface area contributed by atoms with E-state index in [2.05, 4.69) is 0 Å². The van der Waals surface area contributed by atoms with Crippen molar-refractivity contribution in [2.24, 2.45) is 5.92 Å². The highest BCUT2D eigenvalue weighted by atomic mass is 19.1. The van der Waals surface area contributed by atoms with Gasteiger partial charge < -0.3 is 9.47 Å². The van der Waals surface area contributed by atoms with Crippen LogP contribution >= 0.6 is 0 Å². The highest BCUT2D eigenvalue weighted by Crippen LogP contribution is 2.37. The first-order chi connectivity index (χ1) is 9.24. The normalized spacial score (nSPS) is 22.7. The van der Waals surface area contributed by atoms with Crippen LogP contribution in [0, 0.1) is 18.7 Å². The average molecular weight is 264 g/mol. The molecule has 3 rings (SSSR count). The highest BCUT2D eigenvalue weighted by molar-refractivity contribution is 5.43. The smallest absolute Gasteiger partial charge is 0.125 e. The van der Waals surface area contributed by atoms with Crippen LogP contribution in [-0.4, -0.2) is 19.8 Å². The maximum atomic E-state index is 13.6. The molecule has 19 heavy (non-hydrogen) atoms. The van der Waals surface area contributed by atoms with E-state index < -0.39 is 0 Å². The summed E-state index contributed by atoms with van der Waals surface area (Å²) in [7, 11) is 0. The van der Waals surface area contributed by atoms with Crippen molar-refractivity contribution in [1.29, 1.82) is 0 Å². The molecule has 0 radical (unpaired) electrons. The standard InChI is InChI=1S/C16H21FO2/c1-11-8-14(17)9-15(13-5-6-18-10-13)16(11)19-7-4-12-2-3-12/h8-9,12-13H,2-7,10H2,1H3. The van der Waals surface area contributed by atoms with Gasteiger partial charge in [-0.2, -0.15) is 0 Å². The summed E-state index contributed by atoms with van der Waals surface area (Å²) in [6.45, 7) is 4.12. The Labute approximate surface area is 113 Å². The molecule has 104 valence electrons. The van der Waals surface area contributed by atoms with E-state index in [0.29, 0.717) is 6.61 Å². The molecule has 3 heteroatoms. The fraction of sp³-hybridized carbons (Fsp3) is 0.625. The van der Waals surface area contributed by atoms with E-state index in [1.54, 1.807) is 12.1 Å². The zero-order valence-electron chi connectivity index (χ0n) is 11.5. The second-order valence-electron chi connectivity index (χ2n) is 5.78. The Morgan fingerprint density at radius 2 is 2.16 bits per heavy atom. The maximum Gasteiger partial charge on any atom is 0.125 e. The van der Waals surface area contributed by atoms with Gasteiger partial charge in [-0.05, 0) is 43.4 Å². The van der Waals surface area contributed by atoms with Crippen LogP contribution in [-0.2, 0) is 4.74 Å². The summed E-state index contributed by atoms with van der Waals surface area (Å²) in [6.07, 6.45) is 4.77. The van der Waals surface area contributed by atoms with Gasteiger partial charge in [-0.25, -0.2) is 4.39 Å². The molecule has 1 aliphatic carbocycles. The predicted octanol–water partition coefficient (Wildman–Crippen LogP) is 3.82. The van der Waals surface area contributed by atoms with Gasteiger partial charge in [-0.1, -0.05) is 12.8 Å². The van der Waals surface area contributed by atoms with Crippen molar-refractivity contribution in [3.8, 4) is 5.75 Å². The first-order valence-electron chi connectivity index (χ1n) is 7.24. The number of hydrogen-bond acceptors (Lipinski definition) is 2. The Morgan fingerprint density at radius 3 is 2.84 bits per heavy atom. The van der Waals surface area contributed by atoms with Gasteiger partial charge in [0.2, 0.25) is 0 Å². The topological polar surface area (TPSA) is 18.5 Å². The van der Waals surface area contributed by atoms with Crippen LogP contribution in [0.25, 0.3) is 0 Å². The molecule has 1 heterocycles. The molecule has 0 aromatic heterocycles. The van der Waals surface area contributed by atoms with E-state index in [9.17, 15) is 4.39 Å². The van der Waals surface area contributed by atoms with Gasteiger partial charge in [-0.3, -0.25) is 0 Å². The summed E-state index contributed by atoms with van der Waals surface area (Å²) >= 11 is 0. The zero-order valence-corrected chi connectivity index (χ0v) is 11.5. The summed E-state index contributed by atoms with van der Waals surface area (Å²) in [5.74, 6) is 1.86. The molecule has 2 nitrogen and oxygen atoms in total. The third kappa shape index (κ3) is 3.08. The molecule has 0 spiro atoms. The minimum absolute atomic E-state index is 0.172. The number of rotatable bonds is 5. The van der Waals surface area contributed by atoms with Gasteiger partial charge >= 0.3 is 0 Å². The van der Waals surface area contributed by atoms with Gasteiger partial charge in [0.05, 0.1) is 13.2 Å². The molecule has 1 unspecified atom stereocenters. The molecule has 1 saturated carbocycles. The lowest BCUT2D eigenvalue weighted by molar-refractivity contribution is 0.193. The Balaban J connectivity index is 1.77. The molecule has 1 saturated heterocycles. The fourth-order valence-corrected chi connectivity index (χ4v) is 2.77. The maximum absolute atomic E-state index is 13.6. The van der Waals surface area contributed by atoms with E-state index in [0.717, 1.165) is 48.8 Å². The molecule has 1 aromatic rings. The Morgan fingerprint density at radius 1 is 1.32 bits per heavy atom. The zero-order chi connectivity index (χ0) is 13.2. The molecule has 0 N–H and O–H groups in total. The third-order valence-corrected chi connectivity index (χ3v) is 4.11. The minimum atomic E-state index is -0.172. The largest absolute Gasteiger partial charge is 0.493 e. The Hall–Kier alpha value is -1.09. The lowest BCUT2D eigenvalue weighted by atomic mass is 9.95. The van der Waals surface area contributed by atoms with E-state index in [-0.39, 0.29) is 11.7 Å². The summed E-state index contributed by atoms with van der Waals surface area (Å²) in [6, 6.07) is 3.19. The second-order valence-corrected chi connectivity index (χ2v) is 5.78. The first kappa shape index (κ1) is 12.9. The van der Waals surface area contributed by atoms with Crippen LogP contribution < -0.4 is 4.74 Å². The van der Waals surface area contributed by atoms with Crippen LogP contribution in [0.5, 0.6) is 5.75 Å². The van der Waals surface area contributed by atoms with Crippen molar-refractivity contribution in [3.05, 3.63) is 29.1 Å². The van der Waals surface area contributed by atoms with Gasteiger partial charge in [0.15, 0.2) is 0 Å². The van der Waals surface area contributed by atoms with Crippen LogP contribution in [0.1, 0.15) is 42.7 Å². The minimum Gasteiger partial charge on any atom is -0.493 e. The van der Waals surface area contributed by atoms with E-state index in [1.807, 2.05) is 6.92 Å². The third-order valence-electron chi connectivity index (χ3n) is 4.11. The van der Waals surface area contributed by atoms with E-state index >= 15 is 0 Å². The summed E-state index contributed by atoms with van der Waals surface area (Å²) in [4.78, 5) is 0. The molecule has 0 bridgehead atoms. The van der Waals surface area contributed by atoms with Crippen LogP contribution in [0.4, 0.5) is 4.39 Å². The van der Waals surface area contributed by atoms with Crippen molar-refractivity contribution in [2.75, 3.05) is 19.8 Å². The summed E-state index contributed by atoms with van der Waals surface area (Å²) in [5, 5.41) is 0. The average Bonchev–Trinajstić information content (AvgIpc) is 3.03. The highest BCUT2D eigenvalue weighted by Gasteiger charge is 2.25. The number of hydrogen-bond donors (Lipinski definition) is 0. The van der Waals surface area contributed by atoms with Crippen LogP contribution in [0.3, 0.4) is 0 Å². The predicted molar refractivity (Wildman–Crippen MR) is 72.2 cm³/mol. The first-order valence-corrected chi connectivity index (χ1v) is 7.24. The van der Waals surface area contributed by atoms with Crippen molar-refractivity contribution < 1.29 is 13.9 Å². The molecule has 1 aliphatic heterocycles. The molecular formula is C16H21FO2. The van der Waals surface area contributed by atoms with Crippen molar-refractivity contribution in [1.82, 2.24) is 0 Å². The van der Waals surface area contributed by atoms with E-state index in [1.165, 1.54) is 12.8 Å². The Bertz CT molecular complexity index is 448. The van der Waals surface area contributed by atoms with Crippen molar-refractivity contribution in [2.45, 2.75) is 38.5 Å². The summed E-state index contributed by atoms with van der Waals surface area (Å²) in [5.41, 5.74) is 1.89. The van der Waals surface area contributed by atoms with Gasteiger partial charge in [0, 0.05) is 18.1 Å². The van der Waals surface area contributed by atoms with Crippen LogP contribution in [0.15, 0.2) is 12.1 Å². The van der Waals surface area contributed by atoms with Gasteiger partial charge in [0.1, 0.15) is 11.6 Å². The number of benzene rings is 1. The monoisotopic (exact) mass is 264 g/mol. The second kappa shape index (κ2) is 5.49. The molecule has 1 aromatic carbocycles. The lowest BCUT2D eigenvalue weighted by Gasteiger charge is -2.18. The molecule has 2 fully saturated rings. The van der Waals surface area contributed by atoms with Gasteiger partial charge in [-0.15, -0.1) is 0 Å². The fourth-order valence-electron chi connectivity index (χ4n) is 2.77. The summed E-state index contributed by atoms with van der Waals surface area (Å²) < 4.78 is 25.0. The number of aryl methyl sites for hydroxylation is 1. The van der Waals surface area contributed by atoms with Crippen molar-refractivity contribution in [3.63, 3.8) is 0 Å². The SMILES string of the molecule is Cc1cc(F)cc(C2CCOC2)c1OCCC1CC1. The van der Waals surface area contributed by atoms with Crippen molar-refractivity contribution >= 4 is 0 Å². The Kier molecular flexibility index (Phi) is 3.74. The van der Waals surface area contributed by atoms with E-state index in [4.69, 9.17) is 9.47 Å². The number of halogens is 1. The quantitative estimate of drug-likeness (QED) is 0.805.